The largest absolute Gasteiger partial charge is 0.484 e. The minimum atomic E-state index is -0.837. The van der Waals surface area contributed by atoms with Crippen LogP contribution in [0.4, 0.5) is 0 Å². The van der Waals surface area contributed by atoms with Crippen LogP contribution in [0, 0.1) is 13.8 Å². The molecular weight excluding hydrogens is 404 g/mol. The maximum atomic E-state index is 12.5. The number of hydrogen-bond donors (Lipinski definition) is 1. The first-order valence-electron chi connectivity index (χ1n) is 9.62. The number of aromatic nitrogens is 1. The molecule has 1 amide bonds. The molecule has 1 aromatic heterocycles. The summed E-state index contributed by atoms with van der Waals surface area (Å²) in [5.41, 5.74) is 2.30. The Balaban J connectivity index is 1.91. The lowest BCUT2D eigenvalue weighted by Gasteiger charge is -2.17. The molecule has 2 aromatic rings. The molecule has 30 heavy (non-hydrogen) atoms. The van der Waals surface area contributed by atoms with E-state index in [1.165, 1.54) is 0 Å². The van der Waals surface area contributed by atoms with Crippen molar-refractivity contribution in [3.63, 3.8) is 0 Å². The maximum Gasteiger partial charge on any atom is 0.329 e. The van der Waals surface area contributed by atoms with E-state index in [4.69, 9.17) is 9.47 Å². The maximum absolute atomic E-state index is 12.5. The lowest BCUT2D eigenvalue weighted by molar-refractivity contribution is -0.147. The highest BCUT2D eigenvalue weighted by Gasteiger charge is 2.24. The van der Waals surface area contributed by atoms with Gasteiger partial charge >= 0.3 is 5.97 Å². The zero-order valence-corrected chi connectivity index (χ0v) is 18.6. The third kappa shape index (κ3) is 6.66. The van der Waals surface area contributed by atoms with Gasteiger partial charge in [-0.05, 0) is 50.5 Å². The SMILES string of the molecule is CSCCC(NC(=O)COc1ccccc1)C(=O)OCC(=O)c1cc(C)n(C)c1C. The first-order chi connectivity index (χ1) is 14.3. The first-order valence-corrected chi connectivity index (χ1v) is 11.0. The number of ether oxygens (including phenoxy) is 2. The van der Waals surface area contributed by atoms with Crippen molar-refractivity contribution in [1.82, 2.24) is 9.88 Å². The molecule has 1 aromatic carbocycles. The van der Waals surface area contributed by atoms with Gasteiger partial charge in [0.25, 0.3) is 5.91 Å². The van der Waals surface area contributed by atoms with Gasteiger partial charge in [0.2, 0.25) is 5.78 Å². The third-order valence-electron chi connectivity index (χ3n) is 4.76. The Morgan fingerprint density at radius 2 is 1.83 bits per heavy atom. The van der Waals surface area contributed by atoms with E-state index in [9.17, 15) is 14.4 Å². The molecule has 0 aliphatic carbocycles. The van der Waals surface area contributed by atoms with Crippen molar-refractivity contribution >= 4 is 29.4 Å². The van der Waals surface area contributed by atoms with Crippen molar-refractivity contribution in [1.29, 1.82) is 0 Å². The molecule has 0 aliphatic rings. The van der Waals surface area contributed by atoms with Crippen molar-refractivity contribution in [2.75, 3.05) is 25.2 Å². The van der Waals surface area contributed by atoms with Crippen molar-refractivity contribution < 1.29 is 23.9 Å². The van der Waals surface area contributed by atoms with Crippen LogP contribution in [0.5, 0.6) is 5.75 Å². The highest BCUT2D eigenvalue weighted by atomic mass is 32.2. The summed E-state index contributed by atoms with van der Waals surface area (Å²) in [6.07, 6.45) is 2.31. The molecule has 0 fully saturated rings. The predicted octanol–water partition coefficient (Wildman–Crippen LogP) is 2.68. The molecule has 162 valence electrons. The summed E-state index contributed by atoms with van der Waals surface area (Å²) in [6.45, 7) is 3.17. The molecule has 0 saturated heterocycles. The molecule has 1 N–H and O–H groups in total. The minimum absolute atomic E-state index is 0.214. The second-order valence-electron chi connectivity index (χ2n) is 6.88. The number of esters is 1. The van der Waals surface area contributed by atoms with Crippen molar-refractivity contribution in [2.24, 2.45) is 7.05 Å². The number of thioether (sulfide) groups is 1. The molecule has 1 heterocycles. The van der Waals surface area contributed by atoms with Gasteiger partial charge in [0, 0.05) is 24.0 Å². The molecule has 1 atom stereocenters. The number of hydrogen-bond acceptors (Lipinski definition) is 6. The van der Waals surface area contributed by atoms with Crippen molar-refractivity contribution in [2.45, 2.75) is 26.3 Å². The zero-order chi connectivity index (χ0) is 22.1. The molecule has 8 heteroatoms. The molecule has 0 saturated carbocycles. The Morgan fingerprint density at radius 1 is 1.13 bits per heavy atom. The molecule has 1 unspecified atom stereocenters. The summed E-state index contributed by atoms with van der Waals surface area (Å²) >= 11 is 1.55. The predicted molar refractivity (Wildman–Crippen MR) is 117 cm³/mol. The number of amides is 1. The van der Waals surface area contributed by atoms with E-state index in [0.29, 0.717) is 23.5 Å². The number of nitrogens with zero attached hydrogens (tertiary/aromatic N) is 1. The van der Waals surface area contributed by atoms with E-state index in [-0.39, 0.29) is 19.0 Å². The standard InChI is InChI=1S/C22H28N2O5S/c1-15-12-18(16(2)24(15)3)20(25)13-29-22(27)19(10-11-30-4)23-21(26)14-28-17-8-6-5-7-9-17/h5-9,12,19H,10-11,13-14H2,1-4H3,(H,23,26). The average Bonchev–Trinajstić information content (AvgIpc) is 3.01. The smallest absolute Gasteiger partial charge is 0.329 e. The van der Waals surface area contributed by atoms with E-state index >= 15 is 0 Å². The van der Waals surface area contributed by atoms with Crippen LogP contribution < -0.4 is 10.1 Å². The number of rotatable bonds is 11. The van der Waals surface area contributed by atoms with Crippen LogP contribution in [-0.4, -0.2) is 53.5 Å². The molecule has 2 rings (SSSR count). The van der Waals surface area contributed by atoms with Gasteiger partial charge in [0.15, 0.2) is 13.2 Å². The Morgan fingerprint density at radius 3 is 2.43 bits per heavy atom. The van der Waals surface area contributed by atoms with Crippen molar-refractivity contribution in [3.8, 4) is 5.75 Å². The lowest BCUT2D eigenvalue weighted by Crippen LogP contribution is -2.44. The van der Waals surface area contributed by atoms with Crippen LogP contribution in [0.15, 0.2) is 36.4 Å². The Labute approximate surface area is 181 Å². The molecule has 0 spiro atoms. The van der Waals surface area contributed by atoms with E-state index in [0.717, 1.165) is 11.4 Å². The number of ketones is 1. The van der Waals surface area contributed by atoms with Crippen LogP contribution in [0.1, 0.15) is 28.2 Å². The van der Waals surface area contributed by atoms with E-state index in [1.54, 1.807) is 42.1 Å². The fourth-order valence-electron chi connectivity index (χ4n) is 2.84. The highest BCUT2D eigenvalue weighted by Crippen LogP contribution is 2.14. The second-order valence-corrected chi connectivity index (χ2v) is 7.86. The quantitative estimate of drug-likeness (QED) is 0.434. The second kappa shape index (κ2) is 11.4. The monoisotopic (exact) mass is 432 g/mol. The lowest BCUT2D eigenvalue weighted by atomic mass is 10.1. The molecule has 0 radical (unpaired) electrons. The summed E-state index contributed by atoms with van der Waals surface area (Å²) < 4.78 is 12.5. The summed E-state index contributed by atoms with van der Waals surface area (Å²) in [4.78, 5) is 37.2. The van der Waals surface area contributed by atoms with Crippen molar-refractivity contribution in [3.05, 3.63) is 53.3 Å². The van der Waals surface area contributed by atoms with Crippen LogP contribution in [-0.2, 0) is 21.4 Å². The Kier molecular flexibility index (Phi) is 8.98. The molecule has 0 aliphatic heterocycles. The molecule has 7 nitrogen and oxygen atoms in total. The van der Waals surface area contributed by atoms with Gasteiger partial charge in [-0.25, -0.2) is 4.79 Å². The summed E-state index contributed by atoms with van der Waals surface area (Å²) in [5, 5.41) is 2.64. The number of aryl methyl sites for hydroxylation is 1. The summed E-state index contributed by atoms with van der Waals surface area (Å²) in [6, 6.07) is 9.88. The Bertz CT molecular complexity index is 879. The number of Topliss-reactive ketones (excluding diaryl/α,β-unsaturated/α-hetero) is 1. The van der Waals surface area contributed by atoms with E-state index < -0.39 is 17.9 Å². The fraction of sp³-hybridized carbons (Fsp3) is 0.409. The average molecular weight is 433 g/mol. The van der Waals surface area contributed by atoms with E-state index in [1.807, 2.05) is 37.8 Å². The Hall–Kier alpha value is -2.74. The molecular formula is C22H28N2O5S. The fourth-order valence-corrected chi connectivity index (χ4v) is 3.31. The number of nitrogens with one attached hydrogen (secondary N) is 1. The zero-order valence-electron chi connectivity index (χ0n) is 17.8. The van der Waals surface area contributed by atoms with Gasteiger partial charge in [0.05, 0.1) is 0 Å². The van der Waals surface area contributed by atoms with Crippen LogP contribution in [0.3, 0.4) is 0 Å². The van der Waals surface area contributed by atoms with Gasteiger partial charge in [-0.3, -0.25) is 9.59 Å². The number of carbonyl (C=O) groups is 3. The molecule has 0 bridgehead atoms. The summed E-state index contributed by atoms with van der Waals surface area (Å²) in [5.74, 6) is -0.106. The third-order valence-corrected chi connectivity index (χ3v) is 5.41. The summed E-state index contributed by atoms with van der Waals surface area (Å²) in [7, 11) is 1.87. The van der Waals surface area contributed by atoms with Crippen LogP contribution in [0.25, 0.3) is 0 Å². The normalized spacial score (nSPS) is 11.6. The van der Waals surface area contributed by atoms with Crippen LogP contribution >= 0.6 is 11.8 Å². The minimum Gasteiger partial charge on any atom is -0.484 e. The topological polar surface area (TPSA) is 86.6 Å². The number of para-hydroxylation sites is 1. The highest BCUT2D eigenvalue weighted by molar-refractivity contribution is 7.98. The first kappa shape index (κ1) is 23.5. The van der Waals surface area contributed by atoms with Gasteiger partial charge in [0.1, 0.15) is 11.8 Å². The van der Waals surface area contributed by atoms with Gasteiger partial charge in [-0.1, -0.05) is 18.2 Å². The van der Waals surface area contributed by atoms with E-state index in [2.05, 4.69) is 5.32 Å². The van der Waals surface area contributed by atoms with Gasteiger partial charge < -0.3 is 19.4 Å². The van der Waals surface area contributed by atoms with Gasteiger partial charge in [-0.15, -0.1) is 0 Å². The van der Waals surface area contributed by atoms with Crippen LogP contribution in [0.2, 0.25) is 0 Å². The number of carbonyl (C=O) groups excluding carboxylic acids is 3. The number of benzene rings is 1. The van der Waals surface area contributed by atoms with Gasteiger partial charge in [-0.2, -0.15) is 11.8 Å².